The second-order valence-corrected chi connectivity index (χ2v) is 6.08. The summed E-state index contributed by atoms with van der Waals surface area (Å²) >= 11 is 0. The molecule has 1 aliphatic rings. The van der Waals surface area contributed by atoms with Gasteiger partial charge in [0.1, 0.15) is 11.5 Å². The third-order valence-electron chi connectivity index (χ3n) is 4.46. The van der Waals surface area contributed by atoms with Gasteiger partial charge in [-0.05, 0) is 36.2 Å². The van der Waals surface area contributed by atoms with Crippen molar-refractivity contribution in [2.45, 2.75) is 12.3 Å². The van der Waals surface area contributed by atoms with Crippen LogP contribution in [0, 0.1) is 5.82 Å². The van der Waals surface area contributed by atoms with Gasteiger partial charge in [0.15, 0.2) is 11.5 Å². The van der Waals surface area contributed by atoms with E-state index in [2.05, 4.69) is 10.1 Å². The number of carbonyl (C=O) groups is 1. The molecule has 3 heterocycles. The van der Waals surface area contributed by atoms with Crippen molar-refractivity contribution in [2.24, 2.45) is 0 Å². The minimum Gasteiger partial charge on any atom is -0.354 e. The van der Waals surface area contributed by atoms with E-state index in [0.717, 1.165) is 12.0 Å². The van der Waals surface area contributed by atoms with Crippen LogP contribution in [0.3, 0.4) is 0 Å². The van der Waals surface area contributed by atoms with Gasteiger partial charge in [0.05, 0.1) is 0 Å². The monoisotopic (exact) mass is 337 g/mol. The van der Waals surface area contributed by atoms with Gasteiger partial charge in [-0.15, -0.1) is 0 Å². The van der Waals surface area contributed by atoms with Crippen molar-refractivity contribution in [2.75, 3.05) is 13.1 Å². The summed E-state index contributed by atoms with van der Waals surface area (Å²) in [5.74, 6) is 0.278. The third kappa shape index (κ3) is 3.15. The second-order valence-electron chi connectivity index (χ2n) is 6.08. The Labute approximate surface area is 144 Å². The van der Waals surface area contributed by atoms with Crippen molar-refractivity contribution in [3.05, 3.63) is 71.8 Å². The molecule has 1 saturated heterocycles. The maximum absolute atomic E-state index is 13.1. The molecule has 6 heteroatoms. The fourth-order valence-corrected chi connectivity index (χ4v) is 3.12. The van der Waals surface area contributed by atoms with E-state index in [9.17, 15) is 9.18 Å². The van der Waals surface area contributed by atoms with E-state index in [1.165, 1.54) is 12.1 Å². The van der Waals surface area contributed by atoms with Crippen LogP contribution in [0.4, 0.5) is 4.39 Å². The molecule has 0 bridgehead atoms. The van der Waals surface area contributed by atoms with Crippen LogP contribution >= 0.6 is 0 Å². The highest BCUT2D eigenvalue weighted by Crippen LogP contribution is 2.28. The maximum Gasteiger partial charge on any atom is 0.276 e. The second kappa shape index (κ2) is 6.47. The number of halogens is 1. The van der Waals surface area contributed by atoms with Gasteiger partial charge >= 0.3 is 0 Å². The number of amides is 1. The Hall–Kier alpha value is -3.02. The number of hydrogen-bond acceptors (Lipinski definition) is 4. The molecule has 4 rings (SSSR count). The number of aromatic nitrogens is 2. The number of likely N-dealkylation sites (tertiary alicyclic amines) is 1. The van der Waals surface area contributed by atoms with E-state index >= 15 is 0 Å². The highest BCUT2D eigenvalue weighted by Gasteiger charge is 2.29. The molecule has 3 aromatic rings. The smallest absolute Gasteiger partial charge is 0.276 e. The maximum atomic E-state index is 13.1. The summed E-state index contributed by atoms with van der Waals surface area (Å²) in [6.45, 7) is 1.24. The van der Waals surface area contributed by atoms with E-state index < -0.39 is 0 Å². The zero-order valence-corrected chi connectivity index (χ0v) is 13.4. The molecule has 1 unspecified atom stereocenters. The molecule has 1 aliphatic heterocycles. The third-order valence-corrected chi connectivity index (χ3v) is 4.46. The topological polar surface area (TPSA) is 59.2 Å². The van der Waals surface area contributed by atoms with Crippen LogP contribution in [0.1, 0.15) is 28.4 Å². The predicted molar refractivity (Wildman–Crippen MR) is 89.4 cm³/mol. The first-order valence-electron chi connectivity index (χ1n) is 8.13. The van der Waals surface area contributed by atoms with E-state index in [1.54, 1.807) is 35.4 Å². The molecule has 5 nitrogen and oxygen atoms in total. The molecule has 0 N–H and O–H groups in total. The molecule has 0 radical (unpaired) electrons. The molecule has 2 aromatic heterocycles. The van der Waals surface area contributed by atoms with Crippen LogP contribution in [-0.2, 0) is 0 Å². The van der Waals surface area contributed by atoms with Crippen molar-refractivity contribution in [1.29, 1.82) is 0 Å². The number of hydrogen-bond donors (Lipinski definition) is 0. The number of pyridine rings is 1. The quantitative estimate of drug-likeness (QED) is 0.734. The van der Waals surface area contributed by atoms with Crippen LogP contribution in [0.15, 0.2) is 59.3 Å². The van der Waals surface area contributed by atoms with Gasteiger partial charge in [0.2, 0.25) is 0 Å². The number of benzene rings is 1. The summed E-state index contributed by atoms with van der Waals surface area (Å²) in [4.78, 5) is 18.6. The summed E-state index contributed by atoms with van der Waals surface area (Å²) in [6, 6.07) is 13.6. The molecular formula is C19H16FN3O2. The molecule has 0 saturated carbocycles. The highest BCUT2D eigenvalue weighted by atomic mass is 19.1. The number of rotatable bonds is 3. The van der Waals surface area contributed by atoms with Crippen LogP contribution < -0.4 is 0 Å². The molecule has 0 spiro atoms. The summed E-state index contributed by atoms with van der Waals surface area (Å²) < 4.78 is 18.3. The zero-order chi connectivity index (χ0) is 17.2. The minimum absolute atomic E-state index is 0.157. The summed E-state index contributed by atoms with van der Waals surface area (Å²) in [6.07, 6.45) is 2.51. The molecular weight excluding hydrogens is 321 g/mol. The normalized spacial score (nSPS) is 17.0. The van der Waals surface area contributed by atoms with Crippen LogP contribution in [0.25, 0.3) is 11.5 Å². The lowest BCUT2D eigenvalue weighted by Crippen LogP contribution is -2.28. The van der Waals surface area contributed by atoms with Gasteiger partial charge in [-0.1, -0.05) is 23.4 Å². The summed E-state index contributed by atoms with van der Waals surface area (Å²) in [5.41, 5.74) is 1.96. The van der Waals surface area contributed by atoms with E-state index in [4.69, 9.17) is 4.52 Å². The Morgan fingerprint density at radius 2 is 2.04 bits per heavy atom. The number of nitrogens with zero attached hydrogens (tertiary/aromatic N) is 3. The molecule has 1 amide bonds. The largest absolute Gasteiger partial charge is 0.354 e. The van der Waals surface area contributed by atoms with Crippen LogP contribution in [0.2, 0.25) is 0 Å². The summed E-state index contributed by atoms with van der Waals surface area (Å²) in [7, 11) is 0. The SMILES string of the molecule is O=C(c1cc(-c2ccccn2)on1)N1CCC(c2ccc(F)cc2)C1. The average Bonchev–Trinajstić information content (AvgIpc) is 3.33. The van der Waals surface area contributed by atoms with Crippen molar-refractivity contribution < 1.29 is 13.7 Å². The molecule has 1 atom stereocenters. The van der Waals surface area contributed by atoms with Crippen LogP contribution in [-0.4, -0.2) is 34.0 Å². The summed E-state index contributed by atoms with van der Waals surface area (Å²) in [5, 5.41) is 3.89. The Kier molecular flexibility index (Phi) is 4.01. The predicted octanol–water partition coefficient (Wildman–Crippen LogP) is 3.51. The first kappa shape index (κ1) is 15.5. The highest BCUT2D eigenvalue weighted by molar-refractivity contribution is 5.93. The van der Waals surface area contributed by atoms with Gasteiger partial charge in [-0.3, -0.25) is 9.78 Å². The van der Waals surface area contributed by atoms with Crippen molar-refractivity contribution in [3.63, 3.8) is 0 Å². The van der Waals surface area contributed by atoms with Crippen molar-refractivity contribution in [3.8, 4) is 11.5 Å². The van der Waals surface area contributed by atoms with E-state index in [1.807, 2.05) is 12.1 Å². The fourth-order valence-electron chi connectivity index (χ4n) is 3.12. The molecule has 126 valence electrons. The van der Waals surface area contributed by atoms with Gasteiger partial charge in [0.25, 0.3) is 5.91 Å². The van der Waals surface area contributed by atoms with Gasteiger partial charge in [-0.25, -0.2) is 4.39 Å². The van der Waals surface area contributed by atoms with Gasteiger partial charge in [0, 0.05) is 31.3 Å². The lowest BCUT2D eigenvalue weighted by Gasteiger charge is -2.15. The first-order valence-corrected chi connectivity index (χ1v) is 8.13. The standard InChI is InChI=1S/C19H16FN3O2/c20-15-6-4-13(5-7-15)14-8-10-23(12-14)19(24)17-11-18(25-22-17)16-3-1-2-9-21-16/h1-7,9,11,14H,8,10,12H2. The molecule has 1 fully saturated rings. The average molecular weight is 337 g/mol. The lowest BCUT2D eigenvalue weighted by molar-refractivity contribution is 0.0780. The Bertz CT molecular complexity index is 877. The van der Waals surface area contributed by atoms with Crippen molar-refractivity contribution >= 4 is 5.91 Å². The van der Waals surface area contributed by atoms with Gasteiger partial charge < -0.3 is 9.42 Å². The van der Waals surface area contributed by atoms with Crippen LogP contribution in [0.5, 0.6) is 0 Å². The molecule has 25 heavy (non-hydrogen) atoms. The Morgan fingerprint density at radius 1 is 1.20 bits per heavy atom. The first-order chi connectivity index (χ1) is 12.2. The van der Waals surface area contributed by atoms with Gasteiger partial charge in [-0.2, -0.15) is 0 Å². The van der Waals surface area contributed by atoms with E-state index in [0.29, 0.717) is 24.5 Å². The lowest BCUT2D eigenvalue weighted by atomic mass is 9.99. The Morgan fingerprint density at radius 3 is 2.80 bits per heavy atom. The fraction of sp³-hybridized carbons (Fsp3) is 0.211. The van der Waals surface area contributed by atoms with Crippen molar-refractivity contribution in [1.82, 2.24) is 15.0 Å². The molecule has 1 aromatic carbocycles. The molecule has 0 aliphatic carbocycles. The zero-order valence-electron chi connectivity index (χ0n) is 13.4. The van der Waals surface area contributed by atoms with E-state index in [-0.39, 0.29) is 23.3 Å². The minimum atomic E-state index is -0.251. The Balaban J connectivity index is 1.47. The number of carbonyl (C=O) groups excluding carboxylic acids is 1.